The highest BCUT2D eigenvalue weighted by molar-refractivity contribution is 5.95. The highest BCUT2D eigenvalue weighted by atomic mass is 16.4. The van der Waals surface area contributed by atoms with E-state index in [1.807, 2.05) is 31.2 Å². The molecule has 1 fully saturated rings. The lowest BCUT2D eigenvalue weighted by molar-refractivity contribution is -0.126. The monoisotopic (exact) mass is 286 g/mol. The molecule has 0 spiro atoms. The van der Waals surface area contributed by atoms with E-state index in [-0.39, 0.29) is 11.3 Å². The van der Waals surface area contributed by atoms with Crippen molar-refractivity contribution in [1.29, 1.82) is 0 Å². The topological polar surface area (TPSA) is 80.1 Å². The molecule has 2 heterocycles. The molecule has 0 aliphatic carbocycles. The van der Waals surface area contributed by atoms with Crippen molar-refractivity contribution in [1.82, 2.24) is 15.5 Å². The normalized spacial score (nSPS) is 17.4. The van der Waals surface area contributed by atoms with Gasteiger partial charge in [-0.25, -0.2) is 0 Å². The first kappa shape index (κ1) is 13.8. The van der Waals surface area contributed by atoms with Gasteiger partial charge in [-0.15, -0.1) is 10.2 Å². The number of hydrogen-bond acceptors (Lipinski definition) is 5. The van der Waals surface area contributed by atoms with E-state index in [9.17, 15) is 4.79 Å². The summed E-state index contributed by atoms with van der Waals surface area (Å²) in [6.45, 7) is 3.78. The van der Waals surface area contributed by atoms with Crippen molar-refractivity contribution in [3.63, 3.8) is 0 Å². The van der Waals surface area contributed by atoms with Crippen LogP contribution in [0.15, 0.2) is 35.1 Å². The Hall–Kier alpha value is -2.21. The van der Waals surface area contributed by atoms with Gasteiger partial charge in [0.05, 0.1) is 0 Å². The van der Waals surface area contributed by atoms with Crippen LogP contribution in [0.4, 0.5) is 5.69 Å². The van der Waals surface area contributed by atoms with Crippen LogP contribution in [-0.4, -0.2) is 29.2 Å². The summed E-state index contributed by atoms with van der Waals surface area (Å²) in [6, 6.07) is 7.44. The number of aromatic nitrogens is 2. The lowest BCUT2D eigenvalue weighted by Gasteiger charge is -2.32. The van der Waals surface area contributed by atoms with Gasteiger partial charge >= 0.3 is 0 Å². The summed E-state index contributed by atoms with van der Waals surface area (Å²) in [5, 5.41) is 13.8. The number of rotatable bonds is 3. The number of carbonyl (C=O) groups is 1. The number of benzene rings is 1. The SMILES string of the molecule is CC1(C(=O)Nc2cccc(-c3nnco3)c2)CCNCC1. The molecule has 0 atom stereocenters. The van der Waals surface area contributed by atoms with Gasteiger partial charge in [0.2, 0.25) is 18.2 Å². The van der Waals surface area contributed by atoms with Crippen LogP contribution in [0.1, 0.15) is 19.8 Å². The molecule has 1 aliphatic heterocycles. The summed E-state index contributed by atoms with van der Waals surface area (Å²) in [7, 11) is 0. The fourth-order valence-corrected chi connectivity index (χ4v) is 2.52. The van der Waals surface area contributed by atoms with E-state index in [0.29, 0.717) is 5.89 Å². The lowest BCUT2D eigenvalue weighted by atomic mass is 9.80. The summed E-state index contributed by atoms with van der Waals surface area (Å²) >= 11 is 0. The average molecular weight is 286 g/mol. The van der Waals surface area contributed by atoms with Crippen molar-refractivity contribution >= 4 is 11.6 Å². The molecule has 1 amide bonds. The lowest BCUT2D eigenvalue weighted by Crippen LogP contribution is -2.42. The van der Waals surface area contributed by atoms with E-state index in [1.165, 1.54) is 6.39 Å². The van der Waals surface area contributed by atoms with Crippen LogP contribution in [0.2, 0.25) is 0 Å². The van der Waals surface area contributed by atoms with Crippen LogP contribution < -0.4 is 10.6 Å². The molecule has 6 heteroatoms. The molecule has 2 aromatic rings. The van der Waals surface area contributed by atoms with Crippen molar-refractivity contribution in [2.45, 2.75) is 19.8 Å². The minimum atomic E-state index is -0.314. The quantitative estimate of drug-likeness (QED) is 0.902. The molecular formula is C15H18N4O2. The first-order chi connectivity index (χ1) is 10.2. The molecule has 2 N–H and O–H groups in total. The molecule has 0 unspecified atom stereocenters. The Morgan fingerprint density at radius 2 is 2.19 bits per heavy atom. The van der Waals surface area contributed by atoms with Gasteiger partial charge in [0.15, 0.2) is 0 Å². The first-order valence-corrected chi connectivity index (χ1v) is 7.06. The molecule has 3 rings (SSSR count). The summed E-state index contributed by atoms with van der Waals surface area (Å²) in [4.78, 5) is 12.5. The van der Waals surface area contributed by atoms with Crippen LogP contribution in [0.25, 0.3) is 11.5 Å². The van der Waals surface area contributed by atoms with Crippen LogP contribution in [0.3, 0.4) is 0 Å². The maximum Gasteiger partial charge on any atom is 0.247 e. The molecule has 1 aromatic carbocycles. The van der Waals surface area contributed by atoms with Crippen molar-refractivity contribution in [2.24, 2.45) is 5.41 Å². The van der Waals surface area contributed by atoms with Gasteiger partial charge < -0.3 is 15.1 Å². The van der Waals surface area contributed by atoms with Gasteiger partial charge in [-0.1, -0.05) is 13.0 Å². The second-order valence-corrected chi connectivity index (χ2v) is 5.59. The molecular weight excluding hydrogens is 268 g/mol. The second kappa shape index (κ2) is 5.65. The highest BCUT2D eigenvalue weighted by Crippen LogP contribution is 2.30. The van der Waals surface area contributed by atoms with Gasteiger partial charge in [-0.2, -0.15) is 0 Å². The molecule has 0 saturated carbocycles. The zero-order valence-electron chi connectivity index (χ0n) is 11.9. The average Bonchev–Trinajstić information content (AvgIpc) is 3.02. The zero-order chi connectivity index (χ0) is 14.7. The summed E-state index contributed by atoms with van der Waals surface area (Å²) in [5.74, 6) is 0.505. The van der Waals surface area contributed by atoms with Crippen molar-refractivity contribution < 1.29 is 9.21 Å². The largest absolute Gasteiger partial charge is 0.423 e. The Kier molecular flexibility index (Phi) is 3.70. The summed E-state index contributed by atoms with van der Waals surface area (Å²) in [6.07, 6.45) is 2.99. The van der Waals surface area contributed by atoms with Crippen LogP contribution in [-0.2, 0) is 4.79 Å². The maximum atomic E-state index is 12.5. The van der Waals surface area contributed by atoms with E-state index in [4.69, 9.17) is 4.42 Å². The molecule has 1 saturated heterocycles. The Bertz CT molecular complexity index is 618. The molecule has 21 heavy (non-hydrogen) atoms. The highest BCUT2D eigenvalue weighted by Gasteiger charge is 2.34. The Labute approximate surface area is 123 Å². The zero-order valence-corrected chi connectivity index (χ0v) is 11.9. The number of nitrogens with zero attached hydrogens (tertiary/aromatic N) is 2. The number of amides is 1. The number of carbonyl (C=O) groups excluding carboxylic acids is 1. The standard InChI is InChI=1S/C15H18N4O2/c1-15(5-7-16-8-6-15)14(20)18-12-4-2-3-11(9-12)13-19-17-10-21-13/h2-4,9-10,16H,5-8H2,1H3,(H,18,20). The minimum Gasteiger partial charge on any atom is -0.423 e. The predicted molar refractivity (Wildman–Crippen MR) is 78.6 cm³/mol. The predicted octanol–water partition coefficient (Wildman–Crippen LogP) is 2.06. The van der Waals surface area contributed by atoms with Crippen molar-refractivity contribution in [3.05, 3.63) is 30.7 Å². The number of nitrogens with one attached hydrogen (secondary N) is 2. The third kappa shape index (κ3) is 2.95. The van der Waals surface area contributed by atoms with Gasteiger partial charge in [-0.3, -0.25) is 4.79 Å². The van der Waals surface area contributed by atoms with Gasteiger partial charge in [0.1, 0.15) is 0 Å². The van der Waals surface area contributed by atoms with Gasteiger partial charge in [0, 0.05) is 16.7 Å². The van der Waals surface area contributed by atoms with E-state index in [0.717, 1.165) is 37.2 Å². The third-order valence-corrected chi connectivity index (χ3v) is 3.98. The number of anilines is 1. The third-order valence-electron chi connectivity index (χ3n) is 3.98. The summed E-state index contributed by atoms with van der Waals surface area (Å²) < 4.78 is 5.17. The van der Waals surface area contributed by atoms with Gasteiger partial charge in [0.25, 0.3) is 0 Å². The summed E-state index contributed by atoms with van der Waals surface area (Å²) in [5.41, 5.74) is 1.22. The smallest absolute Gasteiger partial charge is 0.247 e. The second-order valence-electron chi connectivity index (χ2n) is 5.59. The van der Waals surface area contributed by atoms with E-state index in [2.05, 4.69) is 20.8 Å². The minimum absolute atomic E-state index is 0.0617. The molecule has 110 valence electrons. The van der Waals surface area contributed by atoms with Crippen LogP contribution in [0.5, 0.6) is 0 Å². The Balaban J connectivity index is 1.76. The number of piperidine rings is 1. The number of hydrogen-bond donors (Lipinski definition) is 2. The Morgan fingerprint density at radius 1 is 1.38 bits per heavy atom. The van der Waals surface area contributed by atoms with E-state index in [1.54, 1.807) is 0 Å². The Morgan fingerprint density at radius 3 is 2.90 bits per heavy atom. The molecule has 1 aliphatic rings. The maximum absolute atomic E-state index is 12.5. The molecule has 6 nitrogen and oxygen atoms in total. The van der Waals surface area contributed by atoms with Crippen molar-refractivity contribution in [3.8, 4) is 11.5 Å². The van der Waals surface area contributed by atoms with E-state index >= 15 is 0 Å². The fraction of sp³-hybridized carbons (Fsp3) is 0.400. The fourth-order valence-electron chi connectivity index (χ4n) is 2.52. The molecule has 1 aromatic heterocycles. The molecule has 0 radical (unpaired) electrons. The molecule has 0 bridgehead atoms. The van der Waals surface area contributed by atoms with E-state index < -0.39 is 0 Å². The first-order valence-electron chi connectivity index (χ1n) is 7.06. The van der Waals surface area contributed by atoms with Crippen LogP contribution >= 0.6 is 0 Å². The van der Waals surface area contributed by atoms with Gasteiger partial charge in [-0.05, 0) is 44.1 Å². The van der Waals surface area contributed by atoms with Crippen molar-refractivity contribution in [2.75, 3.05) is 18.4 Å². The van der Waals surface area contributed by atoms with Crippen LogP contribution in [0, 0.1) is 5.41 Å².